The van der Waals surface area contributed by atoms with Gasteiger partial charge in [-0.15, -0.1) is 11.3 Å². The summed E-state index contributed by atoms with van der Waals surface area (Å²) in [6.07, 6.45) is 10.3. The Morgan fingerprint density at radius 2 is 1.72 bits per heavy atom. The molecule has 2 amide bonds. The van der Waals surface area contributed by atoms with Gasteiger partial charge in [-0.05, 0) is 119 Å². The number of aryl methyl sites for hydroxylation is 1. The number of thiazole rings is 1. The first kappa shape index (κ1) is 33.9. The summed E-state index contributed by atoms with van der Waals surface area (Å²) in [5, 5.41) is 3.91. The number of alkyl carbamates (subject to hydrolysis) is 1. The minimum Gasteiger partial charge on any atom is -0.496 e. The quantitative estimate of drug-likeness (QED) is 0.237. The van der Waals surface area contributed by atoms with Gasteiger partial charge in [0.2, 0.25) is 5.91 Å². The Labute approximate surface area is 278 Å². The van der Waals surface area contributed by atoms with E-state index < -0.39 is 0 Å². The van der Waals surface area contributed by atoms with Crippen LogP contribution in [0, 0.1) is 18.8 Å². The van der Waals surface area contributed by atoms with Crippen LogP contribution in [0.1, 0.15) is 107 Å². The summed E-state index contributed by atoms with van der Waals surface area (Å²) in [7, 11) is 1.72. The van der Waals surface area contributed by atoms with E-state index in [9.17, 15) is 9.59 Å². The number of nitrogens with zero attached hydrogens (tertiary/aromatic N) is 3. The molecule has 2 fully saturated rings. The molecule has 46 heavy (non-hydrogen) atoms. The second-order valence-electron chi connectivity index (χ2n) is 13.7. The molecule has 1 N–H and O–H groups in total. The first-order valence-electron chi connectivity index (χ1n) is 17.0. The third-order valence-electron chi connectivity index (χ3n) is 9.47. The molecule has 8 nitrogen and oxygen atoms in total. The Kier molecular flexibility index (Phi) is 11.4. The molecule has 0 aliphatic heterocycles. The van der Waals surface area contributed by atoms with Crippen LogP contribution in [0.15, 0.2) is 42.7 Å². The van der Waals surface area contributed by atoms with E-state index >= 15 is 0 Å². The first-order valence-corrected chi connectivity index (χ1v) is 17.8. The highest BCUT2D eigenvalue weighted by Crippen LogP contribution is 2.39. The van der Waals surface area contributed by atoms with Gasteiger partial charge < -0.3 is 14.8 Å². The Bertz CT molecular complexity index is 1470. The Morgan fingerprint density at radius 3 is 2.35 bits per heavy atom. The number of carbonyl (C=O) groups is 2. The monoisotopic (exact) mass is 646 g/mol. The Morgan fingerprint density at radius 1 is 0.978 bits per heavy atom. The summed E-state index contributed by atoms with van der Waals surface area (Å²) in [4.78, 5) is 38.9. The number of hydrogen-bond acceptors (Lipinski definition) is 7. The van der Waals surface area contributed by atoms with Crippen LogP contribution in [-0.2, 0) is 9.53 Å². The van der Waals surface area contributed by atoms with Crippen LogP contribution in [0.25, 0.3) is 10.4 Å². The SMILES string of the molecule is COc1ccc(C2CCC(CN(C(=O)C3CCC(OC(=O)NC(C)C)CC3)c3cc(-c4cnc(C(C)C)s4)ccn3)CC2)cc1C. The molecule has 2 aliphatic rings. The second kappa shape index (κ2) is 15.4. The molecule has 5 rings (SSSR count). The van der Waals surface area contributed by atoms with Crippen LogP contribution in [0.5, 0.6) is 5.75 Å². The molecule has 0 radical (unpaired) electrons. The van der Waals surface area contributed by atoms with Gasteiger partial charge in [-0.1, -0.05) is 26.0 Å². The maximum Gasteiger partial charge on any atom is 0.407 e. The number of rotatable bonds is 10. The van der Waals surface area contributed by atoms with Gasteiger partial charge in [0.1, 0.15) is 17.7 Å². The highest BCUT2D eigenvalue weighted by atomic mass is 32.1. The molecule has 2 aliphatic carbocycles. The molecule has 3 aromatic rings. The highest BCUT2D eigenvalue weighted by Gasteiger charge is 2.34. The molecule has 0 spiro atoms. The van der Waals surface area contributed by atoms with Crippen molar-refractivity contribution in [2.24, 2.45) is 11.8 Å². The van der Waals surface area contributed by atoms with E-state index in [1.807, 2.05) is 37.2 Å². The second-order valence-corrected chi connectivity index (χ2v) is 14.8. The highest BCUT2D eigenvalue weighted by molar-refractivity contribution is 7.15. The van der Waals surface area contributed by atoms with Crippen molar-refractivity contribution in [3.8, 4) is 16.2 Å². The maximum atomic E-state index is 14.3. The van der Waals surface area contributed by atoms with Crippen LogP contribution in [0.2, 0.25) is 0 Å². The number of ether oxygens (including phenoxy) is 2. The van der Waals surface area contributed by atoms with Gasteiger partial charge in [0.05, 0.1) is 17.0 Å². The van der Waals surface area contributed by atoms with E-state index in [1.54, 1.807) is 18.4 Å². The van der Waals surface area contributed by atoms with E-state index in [2.05, 4.69) is 55.3 Å². The fourth-order valence-corrected chi connectivity index (χ4v) is 7.78. The average molecular weight is 647 g/mol. The summed E-state index contributed by atoms with van der Waals surface area (Å²) in [5.41, 5.74) is 3.59. The van der Waals surface area contributed by atoms with Crippen molar-refractivity contribution in [1.82, 2.24) is 15.3 Å². The molecule has 248 valence electrons. The van der Waals surface area contributed by atoms with Crippen molar-refractivity contribution in [2.45, 2.75) is 110 Å². The van der Waals surface area contributed by atoms with Crippen molar-refractivity contribution in [2.75, 3.05) is 18.6 Å². The number of methoxy groups -OCH3 is 1. The summed E-state index contributed by atoms with van der Waals surface area (Å²) in [5.74, 6) is 2.95. The molecule has 0 bridgehead atoms. The Balaban J connectivity index is 1.30. The topological polar surface area (TPSA) is 93.6 Å². The number of anilines is 1. The number of nitrogens with one attached hydrogen (secondary N) is 1. The van der Waals surface area contributed by atoms with E-state index in [0.29, 0.717) is 55.8 Å². The van der Waals surface area contributed by atoms with Crippen molar-refractivity contribution < 1.29 is 19.1 Å². The number of benzene rings is 1. The van der Waals surface area contributed by atoms with Crippen LogP contribution in [-0.4, -0.2) is 47.8 Å². The Hall–Kier alpha value is -3.46. The molecule has 2 saturated carbocycles. The molecular weight excluding hydrogens is 596 g/mol. The van der Waals surface area contributed by atoms with Crippen molar-refractivity contribution >= 4 is 29.2 Å². The fourth-order valence-electron chi connectivity index (χ4n) is 6.86. The summed E-state index contributed by atoms with van der Waals surface area (Å²) in [6, 6.07) is 10.7. The lowest BCUT2D eigenvalue weighted by Gasteiger charge is -2.35. The van der Waals surface area contributed by atoms with Crippen LogP contribution >= 0.6 is 11.3 Å². The predicted molar refractivity (Wildman–Crippen MR) is 185 cm³/mol. The zero-order valence-electron chi connectivity index (χ0n) is 28.3. The normalized spacial score (nSPS) is 21.7. The number of carbonyl (C=O) groups excluding carboxylic acids is 2. The van der Waals surface area contributed by atoms with Gasteiger partial charge >= 0.3 is 6.09 Å². The molecular formula is C37H50N4O4S. The van der Waals surface area contributed by atoms with Gasteiger partial charge in [-0.25, -0.2) is 14.8 Å². The molecule has 9 heteroatoms. The third-order valence-corrected chi connectivity index (χ3v) is 10.8. The number of hydrogen-bond donors (Lipinski definition) is 1. The van der Waals surface area contributed by atoms with Crippen molar-refractivity contribution in [1.29, 1.82) is 0 Å². The molecule has 0 unspecified atom stereocenters. The fraction of sp³-hybridized carbons (Fsp3) is 0.568. The van der Waals surface area contributed by atoms with Gasteiger partial charge in [-0.2, -0.15) is 0 Å². The van der Waals surface area contributed by atoms with Gasteiger partial charge in [0.15, 0.2) is 0 Å². The lowest BCUT2D eigenvalue weighted by molar-refractivity contribution is -0.124. The zero-order valence-corrected chi connectivity index (χ0v) is 29.1. The van der Waals surface area contributed by atoms with E-state index in [-0.39, 0.29) is 30.1 Å². The summed E-state index contributed by atoms with van der Waals surface area (Å²) in [6.45, 7) is 10.9. The van der Waals surface area contributed by atoms with Crippen LogP contribution in [0.3, 0.4) is 0 Å². The van der Waals surface area contributed by atoms with Gasteiger partial charge in [0.25, 0.3) is 0 Å². The minimum atomic E-state index is -0.378. The number of pyridine rings is 1. The van der Waals surface area contributed by atoms with Crippen LogP contribution in [0.4, 0.5) is 10.6 Å². The van der Waals surface area contributed by atoms with E-state index in [1.165, 1.54) is 11.1 Å². The van der Waals surface area contributed by atoms with Gasteiger partial charge in [-0.3, -0.25) is 9.69 Å². The van der Waals surface area contributed by atoms with Crippen LogP contribution < -0.4 is 15.0 Å². The third kappa shape index (κ3) is 8.46. The lowest BCUT2D eigenvalue weighted by Crippen LogP contribution is -2.43. The molecule has 2 heterocycles. The standard InChI is InChI=1S/C37H50N4O4S/c1-23(2)35-39-21-33(46-35)30-17-18-38-34(20-30)41(36(42)28-11-14-31(15-12-28)45-37(43)40-24(3)4)22-26-7-9-27(10-8-26)29-13-16-32(44-6)25(5)19-29/h13,16-21,23-24,26-28,31H,7-12,14-15,22H2,1-6H3,(H,40,43). The van der Waals surface area contributed by atoms with Crippen molar-refractivity contribution in [3.63, 3.8) is 0 Å². The largest absolute Gasteiger partial charge is 0.496 e. The first-order chi connectivity index (χ1) is 22.1. The van der Waals surface area contributed by atoms with E-state index in [4.69, 9.17) is 14.5 Å². The minimum absolute atomic E-state index is 0.0274. The average Bonchev–Trinajstić information content (AvgIpc) is 3.55. The lowest BCUT2D eigenvalue weighted by atomic mass is 9.78. The maximum absolute atomic E-state index is 14.3. The number of aromatic nitrogens is 2. The molecule has 2 aromatic heterocycles. The van der Waals surface area contributed by atoms with E-state index in [0.717, 1.165) is 46.9 Å². The summed E-state index contributed by atoms with van der Waals surface area (Å²) >= 11 is 1.70. The molecule has 0 atom stereocenters. The van der Waals surface area contributed by atoms with Gasteiger partial charge in [0, 0.05) is 36.8 Å². The molecule has 1 aromatic carbocycles. The molecule has 0 saturated heterocycles. The smallest absolute Gasteiger partial charge is 0.407 e. The predicted octanol–water partition coefficient (Wildman–Crippen LogP) is 8.65. The summed E-state index contributed by atoms with van der Waals surface area (Å²) < 4.78 is 11.1. The zero-order chi connectivity index (χ0) is 32.8. The number of amides is 2. The van der Waals surface area contributed by atoms with Crippen molar-refractivity contribution in [3.05, 3.63) is 58.9 Å².